The highest BCUT2D eigenvalue weighted by atomic mass is 19.4. The standard InChI is InChI=1S/C14H13F4NO5/c15-9-6-10(19-13(22)14(16,17)18)8(12(20)21)5-11(9)24-7-1-3-23-4-2-7/h5-7H,1-4H2,(H,19,22)(H,20,21). The molecule has 0 bridgehead atoms. The predicted molar refractivity (Wildman–Crippen MR) is 72.5 cm³/mol. The average molecular weight is 351 g/mol. The average Bonchev–Trinajstić information content (AvgIpc) is 2.49. The molecule has 1 aromatic carbocycles. The third kappa shape index (κ3) is 4.34. The Morgan fingerprint density at radius 2 is 1.88 bits per heavy atom. The Bertz CT molecular complexity index is 641. The number of ether oxygens (including phenoxy) is 2. The van der Waals surface area contributed by atoms with Gasteiger partial charge in [-0.3, -0.25) is 4.79 Å². The molecule has 2 N–H and O–H groups in total. The summed E-state index contributed by atoms with van der Waals surface area (Å²) in [6.45, 7) is 0.801. The van der Waals surface area contributed by atoms with E-state index in [1.165, 1.54) is 5.32 Å². The van der Waals surface area contributed by atoms with Crippen LogP contribution in [0, 0.1) is 5.82 Å². The molecule has 1 heterocycles. The first kappa shape index (κ1) is 18.0. The summed E-state index contributed by atoms with van der Waals surface area (Å²) in [5, 5.41) is 10.4. The van der Waals surface area contributed by atoms with Crippen molar-refractivity contribution in [3.05, 3.63) is 23.5 Å². The van der Waals surface area contributed by atoms with Crippen molar-refractivity contribution in [2.75, 3.05) is 18.5 Å². The van der Waals surface area contributed by atoms with E-state index < -0.39 is 47.0 Å². The van der Waals surface area contributed by atoms with Gasteiger partial charge >= 0.3 is 18.1 Å². The number of hydrogen-bond donors (Lipinski definition) is 2. The summed E-state index contributed by atoms with van der Waals surface area (Å²) < 4.78 is 61.3. The number of carboxylic acid groups (broad SMARTS) is 1. The number of carbonyl (C=O) groups excluding carboxylic acids is 1. The quantitative estimate of drug-likeness (QED) is 0.815. The maximum atomic E-state index is 14.0. The third-order valence-electron chi connectivity index (χ3n) is 3.27. The highest BCUT2D eigenvalue weighted by molar-refractivity contribution is 6.02. The maximum absolute atomic E-state index is 14.0. The van der Waals surface area contributed by atoms with E-state index in [4.69, 9.17) is 14.6 Å². The van der Waals surface area contributed by atoms with E-state index in [2.05, 4.69) is 0 Å². The van der Waals surface area contributed by atoms with Crippen molar-refractivity contribution in [3.63, 3.8) is 0 Å². The van der Waals surface area contributed by atoms with Crippen molar-refractivity contribution < 1.29 is 41.7 Å². The zero-order chi connectivity index (χ0) is 17.9. The fourth-order valence-corrected chi connectivity index (χ4v) is 2.09. The van der Waals surface area contributed by atoms with Crippen molar-refractivity contribution in [1.82, 2.24) is 0 Å². The molecule has 0 unspecified atom stereocenters. The van der Waals surface area contributed by atoms with E-state index in [1.54, 1.807) is 0 Å². The van der Waals surface area contributed by atoms with Gasteiger partial charge in [-0.25, -0.2) is 9.18 Å². The lowest BCUT2D eigenvalue weighted by Crippen LogP contribution is -2.31. The molecular weight excluding hydrogens is 338 g/mol. The fourth-order valence-electron chi connectivity index (χ4n) is 2.09. The summed E-state index contributed by atoms with van der Waals surface area (Å²) in [7, 11) is 0. The van der Waals surface area contributed by atoms with Gasteiger partial charge < -0.3 is 19.9 Å². The van der Waals surface area contributed by atoms with Gasteiger partial charge in [0.15, 0.2) is 11.6 Å². The van der Waals surface area contributed by atoms with Crippen molar-refractivity contribution >= 4 is 17.6 Å². The van der Waals surface area contributed by atoms with Crippen LogP contribution >= 0.6 is 0 Å². The van der Waals surface area contributed by atoms with Crippen molar-refractivity contribution in [2.45, 2.75) is 25.1 Å². The second-order valence-corrected chi connectivity index (χ2v) is 5.01. The largest absolute Gasteiger partial charge is 0.487 e. The first-order valence-electron chi connectivity index (χ1n) is 6.88. The lowest BCUT2D eigenvalue weighted by molar-refractivity contribution is -0.167. The highest BCUT2D eigenvalue weighted by Crippen LogP contribution is 2.29. The van der Waals surface area contributed by atoms with Gasteiger partial charge in [-0.1, -0.05) is 0 Å². The fraction of sp³-hybridized carbons (Fsp3) is 0.429. The van der Waals surface area contributed by atoms with Crippen molar-refractivity contribution in [2.24, 2.45) is 0 Å². The molecule has 0 aromatic heterocycles. The number of aromatic carboxylic acids is 1. The summed E-state index contributed by atoms with van der Waals surface area (Å²) in [6.07, 6.45) is -4.70. The van der Waals surface area contributed by atoms with E-state index in [0.717, 1.165) is 6.07 Å². The van der Waals surface area contributed by atoms with Crippen molar-refractivity contribution in [3.8, 4) is 5.75 Å². The first-order valence-corrected chi connectivity index (χ1v) is 6.88. The van der Waals surface area contributed by atoms with Crippen LogP contribution in [0.15, 0.2) is 12.1 Å². The molecule has 1 amide bonds. The Labute approximate surface area is 133 Å². The van der Waals surface area contributed by atoms with Crippen LogP contribution in [0.3, 0.4) is 0 Å². The van der Waals surface area contributed by atoms with Gasteiger partial charge in [-0.2, -0.15) is 13.2 Å². The van der Waals surface area contributed by atoms with Crippen LogP contribution in [0.25, 0.3) is 0 Å². The normalized spacial score (nSPS) is 15.8. The van der Waals surface area contributed by atoms with Gasteiger partial charge in [0.1, 0.15) is 6.10 Å². The minimum absolute atomic E-state index is 0.398. The Hall–Kier alpha value is -2.36. The molecule has 0 saturated carbocycles. The highest BCUT2D eigenvalue weighted by Gasteiger charge is 2.39. The zero-order valence-corrected chi connectivity index (χ0v) is 12.2. The van der Waals surface area contributed by atoms with Crippen LogP contribution in [0.1, 0.15) is 23.2 Å². The van der Waals surface area contributed by atoms with Crippen LogP contribution in [0.4, 0.5) is 23.2 Å². The molecule has 132 valence electrons. The molecule has 2 rings (SSSR count). The van der Waals surface area contributed by atoms with Gasteiger partial charge in [-0.15, -0.1) is 0 Å². The Kier molecular flexibility index (Phi) is 5.27. The number of hydrogen-bond acceptors (Lipinski definition) is 4. The molecule has 0 aliphatic carbocycles. The molecule has 10 heteroatoms. The number of rotatable bonds is 4. The molecule has 1 saturated heterocycles. The number of anilines is 1. The lowest BCUT2D eigenvalue weighted by atomic mass is 10.1. The van der Waals surface area contributed by atoms with E-state index in [-0.39, 0.29) is 0 Å². The number of amides is 1. The SMILES string of the molecule is O=C(O)c1cc(OC2CCOCC2)c(F)cc1NC(=O)C(F)(F)F. The van der Waals surface area contributed by atoms with E-state index in [9.17, 15) is 27.2 Å². The number of nitrogens with one attached hydrogen (secondary N) is 1. The van der Waals surface area contributed by atoms with E-state index in [0.29, 0.717) is 32.1 Å². The van der Waals surface area contributed by atoms with Gasteiger partial charge in [0.25, 0.3) is 0 Å². The van der Waals surface area contributed by atoms with E-state index >= 15 is 0 Å². The summed E-state index contributed by atoms with van der Waals surface area (Å²) in [5.74, 6) is -5.53. The summed E-state index contributed by atoms with van der Waals surface area (Å²) in [4.78, 5) is 22.1. The summed E-state index contributed by atoms with van der Waals surface area (Å²) in [6, 6.07) is 1.24. The monoisotopic (exact) mass is 351 g/mol. The minimum Gasteiger partial charge on any atom is -0.487 e. The van der Waals surface area contributed by atoms with Crippen LogP contribution in [0.5, 0.6) is 5.75 Å². The number of carboxylic acids is 1. The molecule has 1 aromatic rings. The third-order valence-corrected chi connectivity index (χ3v) is 3.27. The molecule has 0 spiro atoms. The molecule has 0 atom stereocenters. The number of alkyl halides is 3. The Balaban J connectivity index is 2.27. The van der Waals surface area contributed by atoms with E-state index in [1.807, 2.05) is 0 Å². The van der Waals surface area contributed by atoms with Gasteiger partial charge in [0.05, 0.1) is 24.5 Å². The Morgan fingerprint density at radius 3 is 2.42 bits per heavy atom. The second-order valence-electron chi connectivity index (χ2n) is 5.01. The number of carbonyl (C=O) groups is 2. The second kappa shape index (κ2) is 7.04. The first-order chi connectivity index (χ1) is 11.2. The smallest absolute Gasteiger partial charge is 0.471 e. The van der Waals surface area contributed by atoms with Crippen LogP contribution < -0.4 is 10.1 Å². The summed E-state index contributed by atoms with van der Waals surface area (Å²) in [5.41, 5.74) is -1.52. The number of halogens is 4. The predicted octanol–water partition coefficient (Wildman–Crippen LogP) is 2.58. The molecule has 0 radical (unpaired) electrons. The Morgan fingerprint density at radius 1 is 1.25 bits per heavy atom. The van der Waals surface area contributed by atoms with Crippen LogP contribution in [-0.4, -0.2) is 42.5 Å². The molecule has 1 aliphatic heterocycles. The molecule has 1 fully saturated rings. The topological polar surface area (TPSA) is 84.9 Å². The van der Waals surface area contributed by atoms with Gasteiger partial charge in [0, 0.05) is 18.9 Å². The molecule has 1 aliphatic rings. The maximum Gasteiger partial charge on any atom is 0.471 e. The molecule has 24 heavy (non-hydrogen) atoms. The molecular formula is C14H13F4NO5. The van der Waals surface area contributed by atoms with Gasteiger partial charge in [-0.05, 0) is 6.07 Å². The number of benzene rings is 1. The zero-order valence-electron chi connectivity index (χ0n) is 12.2. The lowest BCUT2D eigenvalue weighted by Gasteiger charge is -2.24. The van der Waals surface area contributed by atoms with Crippen LogP contribution in [-0.2, 0) is 9.53 Å². The summed E-state index contributed by atoms with van der Waals surface area (Å²) >= 11 is 0. The van der Waals surface area contributed by atoms with Gasteiger partial charge in [0.2, 0.25) is 0 Å². The van der Waals surface area contributed by atoms with Crippen LogP contribution in [0.2, 0.25) is 0 Å². The van der Waals surface area contributed by atoms with Crippen molar-refractivity contribution in [1.29, 1.82) is 0 Å². The molecule has 6 nitrogen and oxygen atoms in total. The minimum atomic E-state index is -5.23.